The molecular weight excluding hydrogens is 224 g/mol. The van der Waals surface area contributed by atoms with Gasteiger partial charge in [-0.2, -0.15) is 0 Å². The van der Waals surface area contributed by atoms with Crippen LogP contribution in [0.2, 0.25) is 0 Å². The predicted octanol–water partition coefficient (Wildman–Crippen LogP) is 2.18. The Labute approximate surface area is 108 Å². The van der Waals surface area contributed by atoms with Gasteiger partial charge in [0.2, 0.25) is 0 Å². The van der Waals surface area contributed by atoms with Crippen LogP contribution < -0.4 is 11.1 Å². The van der Waals surface area contributed by atoms with Crippen LogP contribution in [0, 0.1) is 0 Å². The van der Waals surface area contributed by atoms with Crippen molar-refractivity contribution in [2.45, 2.75) is 13.0 Å². The molecule has 0 saturated carbocycles. The Kier molecular flexibility index (Phi) is 3.67. The monoisotopic (exact) mass is 244 g/mol. The molecule has 1 unspecified atom stereocenters. The molecule has 0 aliphatic heterocycles. The molecule has 4 heteroatoms. The van der Waals surface area contributed by atoms with Crippen LogP contribution in [0.3, 0.4) is 0 Å². The molecule has 18 heavy (non-hydrogen) atoms. The number of nitrogens with two attached hydrogens (primary N) is 1. The quantitative estimate of drug-likeness (QED) is 0.809. The molecule has 96 valence electrons. The minimum Gasteiger partial charge on any atom is -0.398 e. The molecule has 3 N–H and O–H groups in total. The van der Waals surface area contributed by atoms with Crippen LogP contribution in [0.1, 0.15) is 6.92 Å². The molecule has 0 aliphatic rings. The Hall–Kier alpha value is -1.81. The molecule has 0 bridgehead atoms. The number of likely N-dealkylation sites (N-methyl/N-ethyl adjacent to an activating group) is 1. The molecule has 1 atom stereocenters. The van der Waals surface area contributed by atoms with E-state index in [1.807, 2.05) is 24.4 Å². The van der Waals surface area contributed by atoms with Crippen molar-refractivity contribution >= 4 is 22.1 Å². The fraction of sp³-hybridized carbons (Fsp3) is 0.357. The molecule has 0 spiro atoms. The summed E-state index contributed by atoms with van der Waals surface area (Å²) in [5.74, 6) is 0. The zero-order chi connectivity index (χ0) is 13.1. The van der Waals surface area contributed by atoms with Gasteiger partial charge in [-0.1, -0.05) is 0 Å². The normalized spacial score (nSPS) is 12.9. The zero-order valence-electron chi connectivity index (χ0n) is 11.1. The molecule has 2 aromatic rings. The van der Waals surface area contributed by atoms with E-state index in [-0.39, 0.29) is 0 Å². The largest absolute Gasteiger partial charge is 0.398 e. The van der Waals surface area contributed by atoms with Crippen molar-refractivity contribution in [1.29, 1.82) is 0 Å². The van der Waals surface area contributed by atoms with Gasteiger partial charge in [0.1, 0.15) is 0 Å². The number of rotatable bonds is 4. The summed E-state index contributed by atoms with van der Waals surface area (Å²) in [5, 5.41) is 5.63. The van der Waals surface area contributed by atoms with Gasteiger partial charge in [0, 0.05) is 47.1 Å². The van der Waals surface area contributed by atoms with Gasteiger partial charge >= 0.3 is 0 Å². The van der Waals surface area contributed by atoms with Gasteiger partial charge < -0.3 is 16.0 Å². The summed E-state index contributed by atoms with van der Waals surface area (Å²) in [6.45, 7) is 3.14. The van der Waals surface area contributed by atoms with Crippen molar-refractivity contribution in [1.82, 2.24) is 9.88 Å². The molecule has 1 aromatic carbocycles. The second kappa shape index (κ2) is 5.23. The molecule has 0 aliphatic carbocycles. The van der Waals surface area contributed by atoms with Gasteiger partial charge in [-0.05, 0) is 39.2 Å². The molecule has 1 heterocycles. The first-order chi connectivity index (χ1) is 8.58. The fourth-order valence-corrected chi connectivity index (χ4v) is 2.20. The Morgan fingerprint density at radius 1 is 1.28 bits per heavy atom. The van der Waals surface area contributed by atoms with E-state index in [9.17, 15) is 0 Å². The summed E-state index contributed by atoms with van der Waals surface area (Å²) >= 11 is 0. The third-order valence-corrected chi connectivity index (χ3v) is 2.89. The number of fused-ring (bicyclic) bond motifs is 1. The van der Waals surface area contributed by atoms with Crippen LogP contribution in [0.4, 0.5) is 11.4 Å². The van der Waals surface area contributed by atoms with E-state index >= 15 is 0 Å². The van der Waals surface area contributed by atoms with Crippen molar-refractivity contribution in [3.8, 4) is 0 Å². The SMILES string of the molecule is CC(CN(C)C)Nc1ccc(N)c2ccncc12. The molecule has 0 saturated heterocycles. The average molecular weight is 244 g/mol. The van der Waals surface area contributed by atoms with Gasteiger partial charge in [0.05, 0.1) is 0 Å². The molecule has 0 radical (unpaired) electrons. The maximum atomic E-state index is 5.97. The molecule has 2 rings (SSSR count). The smallest absolute Gasteiger partial charge is 0.0439 e. The summed E-state index contributed by atoms with van der Waals surface area (Å²) in [7, 11) is 4.14. The molecule has 4 nitrogen and oxygen atoms in total. The Morgan fingerprint density at radius 2 is 2.06 bits per heavy atom. The molecular formula is C14H20N4. The van der Waals surface area contributed by atoms with E-state index in [0.717, 1.165) is 28.7 Å². The van der Waals surface area contributed by atoms with E-state index in [0.29, 0.717) is 6.04 Å². The first kappa shape index (κ1) is 12.6. The van der Waals surface area contributed by atoms with E-state index in [1.165, 1.54) is 0 Å². The van der Waals surface area contributed by atoms with Crippen molar-refractivity contribution < 1.29 is 0 Å². The van der Waals surface area contributed by atoms with Crippen LogP contribution in [0.15, 0.2) is 30.6 Å². The second-order valence-electron chi connectivity index (χ2n) is 4.93. The number of anilines is 2. The summed E-state index contributed by atoms with van der Waals surface area (Å²) in [4.78, 5) is 6.34. The number of aromatic nitrogens is 1. The number of hydrogen-bond acceptors (Lipinski definition) is 4. The Balaban J connectivity index is 2.31. The van der Waals surface area contributed by atoms with Gasteiger partial charge in [0.25, 0.3) is 0 Å². The van der Waals surface area contributed by atoms with E-state index < -0.39 is 0 Å². The topological polar surface area (TPSA) is 54.2 Å². The molecule has 0 amide bonds. The highest BCUT2D eigenvalue weighted by Gasteiger charge is 2.07. The van der Waals surface area contributed by atoms with Crippen molar-refractivity contribution in [2.24, 2.45) is 0 Å². The highest BCUT2D eigenvalue weighted by atomic mass is 15.1. The second-order valence-corrected chi connectivity index (χ2v) is 4.93. The van der Waals surface area contributed by atoms with Gasteiger partial charge in [-0.3, -0.25) is 4.98 Å². The number of benzene rings is 1. The fourth-order valence-electron chi connectivity index (χ4n) is 2.20. The first-order valence-corrected chi connectivity index (χ1v) is 6.11. The minimum atomic E-state index is 0.368. The maximum absolute atomic E-state index is 5.97. The van der Waals surface area contributed by atoms with Crippen LogP contribution in [-0.4, -0.2) is 36.6 Å². The molecule has 1 aromatic heterocycles. The van der Waals surface area contributed by atoms with Crippen LogP contribution in [0.5, 0.6) is 0 Å². The Morgan fingerprint density at radius 3 is 2.78 bits per heavy atom. The summed E-state index contributed by atoms with van der Waals surface area (Å²) in [5.41, 5.74) is 7.85. The number of nitrogen functional groups attached to an aromatic ring is 1. The lowest BCUT2D eigenvalue weighted by molar-refractivity contribution is 0.392. The predicted molar refractivity (Wildman–Crippen MR) is 77.8 cm³/mol. The van der Waals surface area contributed by atoms with Crippen LogP contribution >= 0.6 is 0 Å². The highest BCUT2D eigenvalue weighted by Crippen LogP contribution is 2.27. The van der Waals surface area contributed by atoms with Gasteiger partial charge in [-0.15, -0.1) is 0 Å². The minimum absolute atomic E-state index is 0.368. The number of nitrogens with zero attached hydrogens (tertiary/aromatic N) is 2. The van der Waals surface area contributed by atoms with Crippen molar-refractivity contribution in [3.63, 3.8) is 0 Å². The molecule has 0 fully saturated rings. The first-order valence-electron chi connectivity index (χ1n) is 6.11. The number of hydrogen-bond donors (Lipinski definition) is 2. The van der Waals surface area contributed by atoms with Crippen LogP contribution in [0.25, 0.3) is 10.8 Å². The highest BCUT2D eigenvalue weighted by molar-refractivity contribution is 6.00. The standard InChI is InChI=1S/C14H20N4/c1-10(9-18(2)3)17-14-5-4-13(15)11-6-7-16-8-12(11)14/h4-8,10,17H,9,15H2,1-3H3. The number of pyridine rings is 1. The summed E-state index contributed by atoms with van der Waals surface area (Å²) < 4.78 is 0. The number of nitrogens with one attached hydrogen (secondary N) is 1. The lowest BCUT2D eigenvalue weighted by Gasteiger charge is -2.20. The van der Waals surface area contributed by atoms with Crippen molar-refractivity contribution in [3.05, 3.63) is 30.6 Å². The van der Waals surface area contributed by atoms with Crippen LogP contribution in [-0.2, 0) is 0 Å². The third-order valence-electron chi connectivity index (χ3n) is 2.89. The van der Waals surface area contributed by atoms with Gasteiger partial charge in [-0.25, -0.2) is 0 Å². The van der Waals surface area contributed by atoms with Gasteiger partial charge in [0.15, 0.2) is 0 Å². The van der Waals surface area contributed by atoms with E-state index in [2.05, 4.69) is 36.2 Å². The Bertz CT molecular complexity index is 536. The van der Waals surface area contributed by atoms with E-state index in [4.69, 9.17) is 5.73 Å². The lowest BCUT2D eigenvalue weighted by Crippen LogP contribution is -2.29. The van der Waals surface area contributed by atoms with Crippen molar-refractivity contribution in [2.75, 3.05) is 31.7 Å². The summed E-state index contributed by atoms with van der Waals surface area (Å²) in [6, 6.07) is 6.28. The van der Waals surface area contributed by atoms with E-state index in [1.54, 1.807) is 6.20 Å². The summed E-state index contributed by atoms with van der Waals surface area (Å²) in [6.07, 6.45) is 3.63. The lowest BCUT2D eigenvalue weighted by atomic mass is 10.1. The average Bonchev–Trinajstić information content (AvgIpc) is 2.32. The zero-order valence-corrected chi connectivity index (χ0v) is 11.1. The maximum Gasteiger partial charge on any atom is 0.0439 e. The third kappa shape index (κ3) is 2.71.